The molecule has 0 radical (unpaired) electrons. The highest BCUT2D eigenvalue weighted by molar-refractivity contribution is 6.33. The summed E-state index contributed by atoms with van der Waals surface area (Å²) >= 11 is 12.2. The second-order valence-electron chi connectivity index (χ2n) is 6.15. The second-order valence-corrected chi connectivity index (χ2v) is 7.00. The molecule has 1 aromatic heterocycles. The molecule has 1 heterocycles. The van der Waals surface area contributed by atoms with Gasteiger partial charge in [0.15, 0.2) is 5.69 Å². The van der Waals surface area contributed by atoms with Gasteiger partial charge in [-0.25, -0.2) is 0 Å². The zero-order valence-electron chi connectivity index (χ0n) is 15.5. The summed E-state index contributed by atoms with van der Waals surface area (Å²) in [6, 6.07) is 5.58. The number of aromatic amines is 1. The topological polar surface area (TPSA) is 52.2 Å². The number of carbonyl (C=O) groups excluding carboxylic acids is 1. The maximum Gasteiger partial charge on any atom is 0.432 e. The number of halogens is 5. The van der Waals surface area contributed by atoms with Crippen LogP contribution < -0.4 is 0 Å². The van der Waals surface area contributed by atoms with Gasteiger partial charge >= 0.3 is 6.18 Å². The van der Waals surface area contributed by atoms with Crippen molar-refractivity contribution in [3.63, 3.8) is 0 Å². The van der Waals surface area contributed by atoms with Crippen molar-refractivity contribution in [1.82, 2.24) is 20.0 Å². The first-order valence-corrected chi connectivity index (χ1v) is 9.49. The van der Waals surface area contributed by atoms with E-state index >= 15 is 0 Å². The lowest BCUT2D eigenvalue weighted by molar-refractivity contribution is -0.141. The van der Waals surface area contributed by atoms with Crippen LogP contribution in [0.4, 0.5) is 13.2 Å². The van der Waals surface area contributed by atoms with Gasteiger partial charge in [0, 0.05) is 35.7 Å². The molecule has 2 aromatic rings. The third kappa shape index (κ3) is 5.86. The Bertz CT molecular complexity index is 806. The molecule has 0 bridgehead atoms. The van der Waals surface area contributed by atoms with Crippen molar-refractivity contribution >= 4 is 29.1 Å². The molecular weight excluding hydrogens is 416 g/mol. The van der Waals surface area contributed by atoms with Gasteiger partial charge in [-0.1, -0.05) is 37.0 Å². The molecule has 5 nitrogen and oxygen atoms in total. The Balaban J connectivity index is 2.27. The van der Waals surface area contributed by atoms with Crippen LogP contribution in [0.5, 0.6) is 0 Å². The zero-order chi connectivity index (χ0) is 20.9. The highest BCUT2D eigenvalue weighted by atomic mass is 35.5. The molecule has 0 aliphatic rings. The third-order valence-corrected chi connectivity index (χ3v) is 4.94. The van der Waals surface area contributed by atoms with Crippen LogP contribution in [0.2, 0.25) is 10.0 Å². The van der Waals surface area contributed by atoms with E-state index in [1.54, 1.807) is 18.2 Å². The Labute approximate surface area is 171 Å². The van der Waals surface area contributed by atoms with E-state index in [9.17, 15) is 18.0 Å². The number of hydrogen-bond donors (Lipinski definition) is 1. The lowest BCUT2D eigenvalue weighted by atomic mass is 10.2. The van der Waals surface area contributed by atoms with E-state index in [4.69, 9.17) is 23.2 Å². The SMILES string of the molecule is CCN(CC)CCN(Cc1cc(Cl)ccc1Cl)C(=O)c1cc(C(F)(F)F)[nH]n1. The summed E-state index contributed by atoms with van der Waals surface area (Å²) in [6.07, 6.45) is -4.60. The number of nitrogens with one attached hydrogen (secondary N) is 1. The molecule has 0 aliphatic carbocycles. The van der Waals surface area contributed by atoms with E-state index in [0.717, 1.165) is 13.1 Å². The smallest absolute Gasteiger partial charge is 0.332 e. The van der Waals surface area contributed by atoms with Gasteiger partial charge in [-0.3, -0.25) is 9.89 Å². The van der Waals surface area contributed by atoms with Gasteiger partial charge in [0.1, 0.15) is 5.69 Å². The first kappa shape index (κ1) is 22.5. The van der Waals surface area contributed by atoms with Gasteiger partial charge in [0.2, 0.25) is 0 Å². The number of benzene rings is 1. The normalized spacial score (nSPS) is 11.9. The van der Waals surface area contributed by atoms with Crippen molar-refractivity contribution in [2.24, 2.45) is 0 Å². The molecule has 0 aliphatic heterocycles. The van der Waals surface area contributed by atoms with Crippen molar-refractivity contribution in [3.8, 4) is 0 Å². The summed E-state index contributed by atoms with van der Waals surface area (Å²) in [5, 5.41) is 6.29. The molecule has 154 valence electrons. The quantitative estimate of drug-likeness (QED) is 0.651. The molecule has 2 rings (SSSR count). The number of amides is 1. The van der Waals surface area contributed by atoms with E-state index in [-0.39, 0.29) is 12.2 Å². The largest absolute Gasteiger partial charge is 0.432 e. The van der Waals surface area contributed by atoms with Crippen molar-refractivity contribution < 1.29 is 18.0 Å². The van der Waals surface area contributed by atoms with E-state index in [2.05, 4.69) is 10.00 Å². The molecule has 1 amide bonds. The zero-order valence-corrected chi connectivity index (χ0v) is 17.0. The van der Waals surface area contributed by atoms with Gasteiger partial charge in [-0.15, -0.1) is 0 Å². The van der Waals surface area contributed by atoms with Crippen LogP contribution in [0, 0.1) is 0 Å². The Morgan fingerprint density at radius 1 is 1.14 bits per heavy atom. The van der Waals surface area contributed by atoms with Crippen molar-refractivity contribution in [2.75, 3.05) is 26.2 Å². The van der Waals surface area contributed by atoms with Crippen LogP contribution in [0.25, 0.3) is 0 Å². The predicted molar refractivity (Wildman–Crippen MR) is 103 cm³/mol. The number of alkyl halides is 3. The first-order valence-electron chi connectivity index (χ1n) is 8.73. The van der Waals surface area contributed by atoms with Gasteiger partial charge in [0.25, 0.3) is 5.91 Å². The molecule has 1 aromatic carbocycles. The molecule has 1 N–H and O–H groups in total. The molecule has 0 fully saturated rings. The Kier molecular flexibility index (Phi) is 7.74. The van der Waals surface area contributed by atoms with E-state index < -0.39 is 17.8 Å². The van der Waals surface area contributed by atoms with Crippen LogP contribution in [-0.2, 0) is 12.7 Å². The molecule has 0 saturated heterocycles. The average Bonchev–Trinajstić information content (AvgIpc) is 3.14. The summed E-state index contributed by atoms with van der Waals surface area (Å²) in [7, 11) is 0. The summed E-state index contributed by atoms with van der Waals surface area (Å²) < 4.78 is 38.5. The maximum atomic E-state index is 12.9. The summed E-state index contributed by atoms with van der Waals surface area (Å²) in [5.74, 6) is -0.616. The monoisotopic (exact) mass is 436 g/mol. The molecule has 0 spiro atoms. The van der Waals surface area contributed by atoms with Crippen LogP contribution in [0.1, 0.15) is 35.6 Å². The Morgan fingerprint density at radius 3 is 2.39 bits per heavy atom. The summed E-state index contributed by atoms with van der Waals surface area (Å²) in [6.45, 7) is 6.53. The summed E-state index contributed by atoms with van der Waals surface area (Å²) in [4.78, 5) is 16.4. The molecular formula is C18H21Cl2F3N4O. The highest BCUT2D eigenvalue weighted by Crippen LogP contribution is 2.28. The van der Waals surface area contributed by atoms with E-state index in [1.165, 1.54) is 4.90 Å². The molecule has 28 heavy (non-hydrogen) atoms. The molecule has 10 heteroatoms. The van der Waals surface area contributed by atoms with Gasteiger partial charge < -0.3 is 9.80 Å². The number of H-pyrrole nitrogens is 1. The fraction of sp³-hybridized carbons (Fsp3) is 0.444. The van der Waals surface area contributed by atoms with E-state index in [1.807, 2.05) is 18.9 Å². The van der Waals surface area contributed by atoms with Crippen molar-refractivity contribution in [1.29, 1.82) is 0 Å². The number of likely N-dealkylation sites (N-methyl/N-ethyl adjacent to an activating group) is 1. The first-order chi connectivity index (χ1) is 13.2. The van der Waals surface area contributed by atoms with Crippen molar-refractivity contribution in [3.05, 3.63) is 51.3 Å². The Hall–Kier alpha value is -1.77. The van der Waals surface area contributed by atoms with Crippen LogP contribution >= 0.6 is 23.2 Å². The molecule has 0 saturated carbocycles. The van der Waals surface area contributed by atoms with Gasteiger partial charge in [-0.05, 0) is 36.9 Å². The minimum absolute atomic E-state index is 0.105. The summed E-state index contributed by atoms with van der Waals surface area (Å²) in [5.41, 5.74) is -0.765. The number of hydrogen-bond acceptors (Lipinski definition) is 3. The fourth-order valence-corrected chi connectivity index (χ4v) is 3.03. The lowest BCUT2D eigenvalue weighted by Gasteiger charge is -2.26. The average molecular weight is 437 g/mol. The maximum absolute atomic E-state index is 12.9. The van der Waals surface area contributed by atoms with Gasteiger partial charge in [-0.2, -0.15) is 18.3 Å². The Morgan fingerprint density at radius 2 is 1.82 bits per heavy atom. The highest BCUT2D eigenvalue weighted by Gasteiger charge is 2.34. The van der Waals surface area contributed by atoms with Crippen molar-refractivity contribution in [2.45, 2.75) is 26.6 Å². The van der Waals surface area contributed by atoms with Gasteiger partial charge in [0.05, 0.1) is 0 Å². The predicted octanol–water partition coefficient (Wildman–Crippen LogP) is 4.72. The number of carbonyl (C=O) groups is 1. The number of aromatic nitrogens is 2. The fourth-order valence-electron chi connectivity index (χ4n) is 2.66. The second kappa shape index (κ2) is 9.62. The van der Waals surface area contributed by atoms with Crippen LogP contribution in [0.15, 0.2) is 24.3 Å². The van der Waals surface area contributed by atoms with E-state index in [0.29, 0.717) is 34.8 Å². The number of rotatable bonds is 8. The third-order valence-electron chi connectivity index (χ3n) is 4.34. The standard InChI is InChI=1S/C18H21Cl2F3N4O/c1-3-26(4-2)7-8-27(11-12-9-13(19)5-6-14(12)20)17(28)15-10-16(25-24-15)18(21,22)23/h5-6,9-10H,3-4,7-8,11H2,1-2H3,(H,24,25). The number of nitrogens with zero attached hydrogens (tertiary/aromatic N) is 3. The minimum atomic E-state index is -4.60. The molecule has 0 atom stereocenters. The molecule has 0 unspecified atom stereocenters. The van der Waals surface area contributed by atoms with Crippen LogP contribution in [0.3, 0.4) is 0 Å². The lowest BCUT2D eigenvalue weighted by Crippen LogP contribution is -2.38. The van der Waals surface area contributed by atoms with Crippen LogP contribution in [-0.4, -0.2) is 52.1 Å². The minimum Gasteiger partial charge on any atom is -0.332 e.